The van der Waals surface area contributed by atoms with Crippen molar-refractivity contribution in [3.05, 3.63) is 122 Å². The molecule has 60 heavy (non-hydrogen) atoms. The fourth-order valence-corrected chi connectivity index (χ4v) is 6.70. The lowest BCUT2D eigenvalue weighted by atomic mass is 10.0. The van der Waals surface area contributed by atoms with Gasteiger partial charge in [0.05, 0.1) is 18.8 Å². The molecule has 0 aliphatic heterocycles. The van der Waals surface area contributed by atoms with Crippen LogP contribution in [0.3, 0.4) is 0 Å². The van der Waals surface area contributed by atoms with Crippen LogP contribution >= 0.6 is 0 Å². The Balaban J connectivity index is 3.66. The molecule has 0 saturated heterocycles. The standard InChI is InChI=1S/C56H93NO3/c1-3-5-7-9-11-13-15-17-18-19-20-21-22-23-24-25-26-27-28-29-30-31-32-33-34-35-36-37-38-40-42-44-46-48-50-52-56(60)57-54(53-58)55(59)51-49-47-45-43-41-39-16-14-12-10-8-6-4-2/h5,7,11,13,17-18,20-21,23-24,26-27,29-30,32-33,35-36,49,51,54-55,58-59H,3-4,6,8-10,12,14-16,19,22,25,28,31,34,37-48,50,52-53H2,1-2H3,(H,57,60)/b7-5-,13-11-,18-17-,21-20-,24-23-,27-26-,30-29-,33-32-,36-35-,51-49+. The zero-order valence-corrected chi connectivity index (χ0v) is 38.9. The Morgan fingerprint density at radius 2 is 0.733 bits per heavy atom. The number of aliphatic hydroxyl groups is 2. The van der Waals surface area contributed by atoms with Crippen molar-refractivity contribution in [2.75, 3.05) is 6.61 Å². The van der Waals surface area contributed by atoms with Gasteiger partial charge in [-0.2, -0.15) is 0 Å². The first kappa shape index (κ1) is 56.8. The fraction of sp³-hybridized carbons (Fsp3) is 0.625. The topological polar surface area (TPSA) is 69.6 Å². The second-order valence-corrected chi connectivity index (χ2v) is 16.1. The predicted octanol–water partition coefficient (Wildman–Crippen LogP) is 16.1. The third-order valence-electron chi connectivity index (χ3n) is 10.5. The highest BCUT2D eigenvalue weighted by molar-refractivity contribution is 5.76. The summed E-state index contributed by atoms with van der Waals surface area (Å²) in [6.07, 6.45) is 77.5. The molecule has 0 spiro atoms. The van der Waals surface area contributed by atoms with E-state index in [1.165, 1.54) is 89.9 Å². The molecule has 4 heteroatoms. The number of rotatable bonds is 43. The first-order valence-electron chi connectivity index (χ1n) is 24.7. The lowest BCUT2D eigenvalue weighted by Gasteiger charge is -2.20. The summed E-state index contributed by atoms with van der Waals surface area (Å²) in [5, 5.41) is 23.0. The maximum Gasteiger partial charge on any atom is 0.220 e. The van der Waals surface area contributed by atoms with Gasteiger partial charge < -0.3 is 15.5 Å². The Hall–Kier alpha value is -3.21. The Kier molecular flexibility index (Phi) is 47.5. The van der Waals surface area contributed by atoms with Crippen LogP contribution in [0.1, 0.15) is 206 Å². The van der Waals surface area contributed by atoms with Gasteiger partial charge in [0.25, 0.3) is 0 Å². The van der Waals surface area contributed by atoms with Gasteiger partial charge in [0.2, 0.25) is 5.91 Å². The molecule has 2 unspecified atom stereocenters. The summed E-state index contributed by atoms with van der Waals surface area (Å²) in [5.74, 6) is -0.0817. The molecule has 1 amide bonds. The number of aliphatic hydroxyl groups excluding tert-OH is 2. The van der Waals surface area contributed by atoms with Crippen LogP contribution in [0.25, 0.3) is 0 Å². The molecule has 0 aliphatic rings. The fourth-order valence-electron chi connectivity index (χ4n) is 6.70. The second-order valence-electron chi connectivity index (χ2n) is 16.1. The smallest absolute Gasteiger partial charge is 0.220 e. The van der Waals surface area contributed by atoms with Crippen LogP contribution in [-0.4, -0.2) is 34.9 Å². The molecule has 0 fully saturated rings. The van der Waals surface area contributed by atoms with Crippen LogP contribution in [0.5, 0.6) is 0 Å². The quantitative estimate of drug-likeness (QED) is 0.0424. The van der Waals surface area contributed by atoms with E-state index in [1.807, 2.05) is 6.08 Å². The minimum Gasteiger partial charge on any atom is -0.394 e. The van der Waals surface area contributed by atoms with Crippen molar-refractivity contribution in [1.82, 2.24) is 5.32 Å². The highest BCUT2D eigenvalue weighted by atomic mass is 16.3. The average molecular weight is 828 g/mol. The van der Waals surface area contributed by atoms with Gasteiger partial charge in [0, 0.05) is 6.42 Å². The molecule has 0 radical (unpaired) electrons. The maximum atomic E-state index is 12.4. The molecule has 0 aliphatic carbocycles. The number of hydrogen-bond donors (Lipinski definition) is 3. The zero-order chi connectivity index (χ0) is 43.5. The van der Waals surface area contributed by atoms with Gasteiger partial charge in [0.15, 0.2) is 0 Å². The minimum atomic E-state index is -0.851. The first-order valence-corrected chi connectivity index (χ1v) is 24.7. The molecule has 3 N–H and O–H groups in total. The van der Waals surface area contributed by atoms with E-state index in [0.717, 1.165) is 96.3 Å². The number of amides is 1. The van der Waals surface area contributed by atoms with E-state index in [1.54, 1.807) is 6.08 Å². The van der Waals surface area contributed by atoms with E-state index >= 15 is 0 Å². The van der Waals surface area contributed by atoms with Crippen LogP contribution in [-0.2, 0) is 4.79 Å². The van der Waals surface area contributed by atoms with E-state index in [-0.39, 0.29) is 12.5 Å². The molecule has 0 rings (SSSR count). The normalized spacial score (nSPS) is 14.0. The summed E-state index contributed by atoms with van der Waals surface area (Å²) in [5.41, 5.74) is 0. The van der Waals surface area contributed by atoms with Crippen LogP contribution < -0.4 is 5.32 Å². The molecule has 0 aromatic rings. The molecule has 0 bridgehead atoms. The van der Waals surface area contributed by atoms with Crippen molar-refractivity contribution in [2.24, 2.45) is 0 Å². The Morgan fingerprint density at radius 3 is 1.10 bits per heavy atom. The molecule has 2 atom stereocenters. The summed E-state index contributed by atoms with van der Waals surface area (Å²) >= 11 is 0. The van der Waals surface area contributed by atoms with Crippen LogP contribution in [0.4, 0.5) is 0 Å². The molecule has 0 saturated carbocycles. The third-order valence-corrected chi connectivity index (χ3v) is 10.5. The summed E-state index contributed by atoms with van der Waals surface area (Å²) in [6, 6.07) is -0.636. The van der Waals surface area contributed by atoms with Gasteiger partial charge in [-0.1, -0.05) is 232 Å². The lowest BCUT2D eigenvalue weighted by Crippen LogP contribution is -2.45. The van der Waals surface area contributed by atoms with Gasteiger partial charge in [-0.3, -0.25) is 4.79 Å². The first-order chi connectivity index (χ1) is 29.7. The van der Waals surface area contributed by atoms with Gasteiger partial charge >= 0.3 is 0 Å². The Bertz CT molecular complexity index is 1210. The van der Waals surface area contributed by atoms with Crippen LogP contribution in [0.15, 0.2) is 122 Å². The van der Waals surface area contributed by atoms with Crippen LogP contribution in [0, 0.1) is 0 Å². The highest BCUT2D eigenvalue weighted by Gasteiger charge is 2.17. The molecule has 4 nitrogen and oxygen atoms in total. The molecular weight excluding hydrogens is 735 g/mol. The molecule has 0 aromatic carbocycles. The summed E-state index contributed by atoms with van der Waals surface area (Å²) < 4.78 is 0. The number of carbonyl (C=O) groups excluding carboxylic acids is 1. The Labute approximate surface area is 371 Å². The number of carbonyl (C=O) groups is 1. The Morgan fingerprint density at radius 1 is 0.417 bits per heavy atom. The van der Waals surface area contributed by atoms with E-state index < -0.39 is 12.1 Å². The number of hydrogen-bond acceptors (Lipinski definition) is 3. The maximum absolute atomic E-state index is 12.4. The third kappa shape index (κ3) is 45.9. The minimum absolute atomic E-state index is 0.0817. The van der Waals surface area contributed by atoms with E-state index in [4.69, 9.17) is 0 Å². The number of unbranched alkanes of at least 4 members (excludes halogenated alkanes) is 18. The summed E-state index contributed by atoms with van der Waals surface area (Å²) in [4.78, 5) is 12.4. The van der Waals surface area contributed by atoms with Crippen molar-refractivity contribution in [3.63, 3.8) is 0 Å². The van der Waals surface area contributed by atoms with Crippen molar-refractivity contribution in [3.8, 4) is 0 Å². The molecular formula is C56H93NO3. The zero-order valence-electron chi connectivity index (χ0n) is 38.9. The van der Waals surface area contributed by atoms with E-state index in [2.05, 4.69) is 129 Å². The molecule has 0 heterocycles. The van der Waals surface area contributed by atoms with Gasteiger partial charge in [-0.25, -0.2) is 0 Å². The van der Waals surface area contributed by atoms with Crippen molar-refractivity contribution < 1.29 is 15.0 Å². The van der Waals surface area contributed by atoms with Crippen molar-refractivity contribution in [2.45, 2.75) is 219 Å². The van der Waals surface area contributed by atoms with E-state index in [9.17, 15) is 15.0 Å². The monoisotopic (exact) mass is 828 g/mol. The van der Waals surface area contributed by atoms with Crippen molar-refractivity contribution in [1.29, 1.82) is 0 Å². The van der Waals surface area contributed by atoms with Gasteiger partial charge in [0.1, 0.15) is 0 Å². The number of allylic oxidation sites excluding steroid dienone is 19. The van der Waals surface area contributed by atoms with Crippen molar-refractivity contribution >= 4 is 5.91 Å². The van der Waals surface area contributed by atoms with Gasteiger partial charge in [-0.05, 0) is 89.9 Å². The molecule has 0 aromatic heterocycles. The highest BCUT2D eigenvalue weighted by Crippen LogP contribution is 2.13. The summed E-state index contributed by atoms with van der Waals surface area (Å²) in [6.45, 7) is 4.17. The largest absolute Gasteiger partial charge is 0.394 e. The summed E-state index contributed by atoms with van der Waals surface area (Å²) in [7, 11) is 0. The van der Waals surface area contributed by atoms with Crippen LogP contribution in [0.2, 0.25) is 0 Å². The lowest BCUT2D eigenvalue weighted by molar-refractivity contribution is -0.123. The van der Waals surface area contributed by atoms with Gasteiger partial charge in [-0.15, -0.1) is 0 Å². The predicted molar refractivity (Wildman–Crippen MR) is 266 cm³/mol. The SMILES string of the molecule is CC/C=C\C/C=C\C/C=C\C/C=C\C/C=C\C/C=C\C/C=C\C/C=C\C/C=C\CCCCCCCCCC(=O)NC(CO)C(O)/C=C/CCCCCCCCCCCCC. The molecule has 340 valence electrons. The average Bonchev–Trinajstić information content (AvgIpc) is 3.25. The number of nitrogens with one attached hydrogen (secondary N) is 1. The van der Waals surface area contributed by atoms with E-state index in [0.29, 0.717) is 6.42 Å². The second kappa shape index (κ2) is 50.1.